The lowest BCUT2D eigenvalue weighted by atomic mass is 9.67. The summed E-state index contributed by atoms with van der Waals surface area (Å²) in [6.07, 6.45) is 0. The Morgan fingerprint density at radius 1 is 0.281 bits per heavy atom. The van der Waals surface area contributed by atoms with Gasteiger partial charge in [0.15, 0.2) is 0 Å². The molecule has 0 amide bonds. The molecule has 0 spiro atoms. The zero-order chi connectivity index (χ0) is 42.5. The van der Waals surface area contributed by atoms with Gasteiger partial charge in [-0.1, -0.05) is 224 Å². The summed E-state index contributed by atoms with van der Waals surface area (Å²) in [6.45, 7) is 0. The van der Waals surface area contributed by atoms with Crippen LogP contribution in [-0.4, -0.2) is 0 Å². The second-order valence-electron chi connectivity index (χ2n) is 16.8. The third-order valence-electron chi connectivity index (χ3n) is 13.4. The van der Waals surface area contributed by atoms with Crippen molar-refractivity contribution in [3.8, 4) is 44.5 Å². The van der Waals surface area contributed by atoms with Crippen LogP contribution in [-0.2, 0) is 5.41 Å². The molecule has 0 radical (unpaired) electrons. The SMILES string of the molecule is c1ccc(N(c2ccc(-c3cccc4ccccc34)cc2)c2ccc(-c3cccc4ccccc34)cc2-c2cccc3c2-c2ccccc2C3(c2ccccc2)c2ccccc2)cc1. The molecule has 0 saturated carbocycles. The van der Waals surface area contributed by atoms with Crippen LogP contribution in [0.5, 0.6) is 0 Å². The van der Waals surface area contributed by atoms with Crippen LogP contribution in [0.15, 0.2) is 261 Å². The van der Waals surface area contributed by atoms with Gasteiger partial charge in [-0.2, -0.15) is 0 Å². The van der Waals surface area contributed by atoms with E-state index >= 15 is 0 Å². The quantitative estimate of drug-likeness (QED) is 0.148. The molecular weight excluding hydrogens is 771 g/mol. The molecule has 0 bridgehead atoms. The van der Waals surface area contributed by atoms with Crippen LogP contribution >= 0.6 is 0 Å². The van der Waals surface area contributed by atoms with E-state index in [4.69, 9.17) is 0 Å². The Kier molecular flexibility index (Phi) is 9.13. The van der Waals surface area contributed by atoms with E-state index in [9.17, 15) is 0 Å². The summed E-state index contributed by atoms with van der Waals surface area (Å²) in [6, 6.07) is 95.9. The molecular formula is C63H43N. The molecule has 0 saturated heterocycles. The Balaban J connectivity index is 1.13. The van der Waals surface area contributed by atoms with E-state index in [-0.39, 0.29) is 0 Å². The normalized spacial score (nSPS) is 12.5. The molecule has 11 aromatic carbocycles. The van der Waals surface area contributed by atoms with Crippen LogP contribution in [0, 0.1) is 0 Å². The van der Waals surface area contributed by atoms with Crippen molar-refractivity contribution in [2.45, 2.75) is 5.41 Å². The lowest BCUT2D eigenvalue weighted by Crippen LogP contribution is -2.28. The number of para-hydroxylation sites is 1. The van der Waals surface area contributed by atoms with Crippen LogP contribution in [0.2, 0.25) is 0 Å². The first kappa shape index (κ1) is 37.5. The fourth-order valence-corrected chi connectivity index (χ4v) is 10.6. The lowest BCUT2D eigenvalue weighted by Gasteiger charge is -2.34. The van der Waals surface area contributed by atoms with Crippen LogP contribution < -0.4 is 4.90 Å². The highest BCUT2D eigenvalue weighted by Gasteiger charge is 2.47. The van der Waals surface area contributed by atoms with E-state index in [0.29, 0.717) is 0 Å². The van der Waals surface area contributed by atoms with Gasteiger partial charge in [-0.3, -0.25) is 0 Å². The van der Waals surface area contributed by atoms with E-state index in [2.05, 4.69) is 266 Å². The molecule has 12 rings (SSSR count). The number of rotatable bonds is 8. The van der Waals surface area contributed by atoms with Crippen molar-refractivity contribution in [2.24, 2.45) is 0 Å². The molecule has 0 atom stereocenters. The third-order valence-corrected chi connectivity index (χ3v) is 13.4. The van der Waals surface area contributed by atoms with E-state index in [1.807, 2.05) is 0 Å². The van der Waals surface area contributed by atoms with E-state index in [0.717, 1.165) is 22.6 Å². The fourth-order valence-electron chi connectivity index (χ4n) is 10.6. The molecule has 0 N–H and O–H groups in total. The highest BCUT2D eigenvalue weighted by Crippen LogP contribution is 2.59. The van der Waals surface area contributed by atoms with Crippen molar-refractivity contribution < 1.29 is 0 Å². The maximum atomic E-state index is 2.45. The number of hydrogen-bond acceptors (Lipinski definition) is 1. The molecule has 11 aromatic rings. The molecule has 0 heterocycles. The minimum absolute atomic E-state index is 0.519. The summed E-state index contributed by atoms with van der Waals surface area (Å²) in [7, 11) is 0. The second-order valence-corrected chi connectivity index (χ2v) is 16.8. The van der Waals surface area contributed by atoms with Gasteiger partial charge in [0.2, 0.25) is 0 Å². The summed E-state index contributed by atoms with van der Waals surface area (Å²) in [4.78, 5) is 2.44. The van der Waals surface area contributed by atoms with Crippen LogP contribution in [0.3, 0.4) is 0 Å². The highest BCUT2D eigenvalue weighted by molar-refractivity contribution is 6.03. The van der Waals surface area contributed by atoms with Gasteiger partial charge in [-0.25, -0.2) is 0 Å². The first-order valence-electron chi connectivity index (χ1n) is 22.2. The molecule has 1 aliphatic carbocycles. The number of hydrogen-bond donors (Lipinski definition) is 0. The van der Waals surface area contributed by atoms with Crippen molar-refractivity contribution in [3.05, 3.63) is 283 Å². The number of nitrogens with zero attached hydrogens (tertiary/aromatic N) is 1. The van der Waals surface area contributed by atoms with E-state index in [1.54, 1.807) is 0 Å². The van der Waals surface area contributed by atoms with E-state index in [1.165, 1.54) is 82.7 Å². The second kappa shape index (κ2) is 15.6. The molecule has 0 aliphatic heterocycles. The van der Waals surface area contributed by atoms with Crippen molar-refractivity contribution in [1.82, 2.24) is 0 Å². The van der Waals surface area contributed by atoms with Gasteiger partial charge in [0.05, 0.1) is 11.1 Å². The van der Waals surface area contributed by atoms with Gasteiger partial charge in [-0.05, 0) is 119 Å². The Hall–Kier alpha value is -8.26. The van der Waals surface area contributed by atoms with Gasteiger partial charge in [-0.15, -0.1) is 0 Å². The van der Waals surface area contributed by atoms with E-state index < -0.39 is 5.41 Å². The molecule has 64 heavy (non-hydrogen) atoms. The van der Waals surface area contributed by atoms with Crippen molar-refractivity contribution >= 4 is 38.6 Å². The largest absolute Gasteiger partial charge is 0.310 e. The fraction of sp³-hybridized carbons (Fsp3) is 0.0159. The Morgan fingerprint density at radius 3 is 1.39 bits per heavy atom. The average molecular weight is 814 g/mol. The minimum atomic E-state index is -0.519. The molecule has 0 fully saturated rings. The number of benzene rings is 11. The smallest absolute Gasteiger partial charge is 0.0713 e. The summed E-state index contributed by atoms with van der Waals surface area (Å²) in [5.41, 5.74) is 17.6. The highest BCUT2D eigenvalue weighted by atomic mass is 15.1. The predicted molar refractivity (Wildman–Crippen MR) is 270 cm³/mol. The summed E-state index contributed by atoms with van der Waals surface area (Å²) >= 11 is 0. The molecule has 300 valence electrons. The van der Waals surface area contributed by atoms with Gasteiger partial charge >= 0.3 is 0 Å². The first-order chi connectivity index (χ1) is 31.8. The van der Waals surface area contributed by atoms with Gasteiger partial charge < -0.3 is 4.90 Å². The standard InChI is InChI=1S/C63H43N/c1-4-23-48(24-5-1)63(49-25-6-2-7-26-49)59-35-15-14-31-57(59)62-56(34-18-36-60(62)63)58-43-47(55-33-17-22-45-20-11-13-30-53(45)55)39-42-61(58)64(50-27-8-3-9-28-50)51-40-37-46(38-41-51)54-32-16-21-44-19-10-12-29-52(44)54/h1-43H. The molecule has 1 aliphatic rings. The zero-order valence-corrected chi connectivity index (χ0v) is 35.3. The molecule has 0 unspecified atom stereocenters. The maximum Gasteiger partial charge on any atom is 0.0713 e. The lowest BCUT2D eigenvalue weighted by molar-refractivity contribution is 0.768. The van der Waals surface area contributed by atoms with Gasteiger partial charge in [0.25, 0.3) is 0 Å². The monoisotopic (exact) mass is 813 g/mol. The maximum absolute atomic E-state index is 2.45. The third kappa shape index (κ3) is 6.01. The van der Waals surface area contributed by atoms with Crippen LogP contribution in [0.25, 0.3) is 66.1 Å². The Labute approximate surface area is 374 Å². The number of anilines is 3. The number of fused-ring (bicyclic) bond motifs is 5. The Bertz CT molecular complexity index is 3430. The van der Waals surface area contributed by atoms with Crippen molar-refractivity contribution in [3.63, 3.8) is 0 Å². The van der Waals surface area contributed by atoms with Crippen molar-refractivity contribution in [1.29, 1.82) is 0 Å². The van der Waals surface area contributed by atoms with Gasteiger partial charge in [0.1, 0.15) is 0 Å². The van der Waals surface area contributed by atoms with Crippen LogP contribution in [0.4, 0.5) is 17.1 Å². The van der Waals surface area contributed by atoms with Gasteiger partial charge in [0, 0.05) is 16.9 Å². The summed E-state index contributed by atoms with van der Waals surface area (Å²) in [5, 5.41) is 4.96. The molecule has 1 nitrogen and oxygen atoms in total. The average Bonchev–Trinajstić information content (AvgIpc) is 3.69. The molecule has 1 heteroatoms. The zero-order valence-electron chi connectivity index (χ0n) is 35.3. The minimum Gasteiger partial charge on any atom is -0.310 e. The summed E-state index contributed by atoms with van der Waals surface area (Å²) in [5.74, 6) is 0. The summed E-state index contributed by atoms with van der Waals surface area (Å²) < 4.78 is 0. The predicted octanol–water partition coefficient (Wildman–Crippen LogP) is 16.8. The van der Waals surface area contributed by atoms with Crippen molar-refractivity contribution in [2.75, 3.05) is 4.90 Å². The Morgan fingerprint density at radius 2 is 0.734 bits per heavy atom. The topological polar surface area (TPSA) is 3.24 Å². The van der Waals surface area contributed by atoms with Crippen LogP contribution in [0.1, 0.15) is 22.3 Å². The first-order valence-corrected chi connectivity index (χ1v) is 22.2. The molecule has 0 aromatic heterocycles.